The van der Waals surface area contributed by atoms with Crippen molar-refractivity contribution in [1.82, 2.24) is 4.98 Å². The van der Waals surface area contributed by atoms with Crippen LogP contribution in [0, 0.1) is 13.8 Å². The first-order valence-corrected chi connectivity index (χ1v) is 4.72. The van der Waals surface area contributed by atoms with Crippen molar-refractivity contribution in [2.24, 2.45) is 0 Å². The Morgan fingerprint density at radius 1 is 1.07 bits per heavy atom. The predicted molar refractivity (Wildman–Crippen MR) is 57.5 cm³/mol. The van der Waals surface area contributed by atoms with Gasteiger partial charge in [0.1, 0.15) is 5.58 Å². The molecule has 1 aromatic carbocycles. The number of benzene rings is 1. The molecule has 0 fully saturated rings. The van der Waals surface area contributed by atoms with Crippen LogP contribution in [0.4, 0.5) is 0 Å². The number of aromatic amines is 1. The Hall–Kier alpha value is -1.70. The van der Waals surface area contributed by atoms with Crippen LogP contribution >= 0.6 is 0 Å². The smallest absolute Gasteiger partial charge is 0.134 e. The number of hydrogen-bond donors (Lipinski definition) is 1. The van der Waals surface area contributed by atoms with E-state index in [1.165, 1.54) is 27.4 Å². The fourth-order valence-electron chi connectivity index (χ4n) is 2.07. The van der Waals surface area contributed by atoms with Crippen molar-refractivity contribution >= 4 is 21.9 Å². The van der Waals surface area contributed by atoms with Crippen molar-refractivity contribution in [1.29, 1.82) is 0 Å². The van der Waals surface area contributed by atoms with E-state index in [0.717, 1.165) is 5.58 Å². The molecule has 1 N–H and O–H groups in total. The highest BCUT2D eigenvalue weighted by Crippen LogP contribution is 2.30. The number of furan rings is 1. The number of rotatable bonds is 0. The van der Waals surface area contributed by atoms with E-state index in [-0.39, 0.29) is 0 Å². The second-order valence-electron chi connectivity index (χ2n) is 3.75. The highest BCUT2D eigenvalue weighted by molar-refractivity contribution is 6.08. The summed E-state index contributed by atoms with van der Waals surface area (Å²) in [4.78, 5) is 3.26. The Morgan fingerprint density at radius 2 is 1.93 bits per heavy atom. The van der Waals surface area contributed by atoms with E-state index in [4.69, 9.17) is 4.42 Å². The molecule has 14 heavy (non-hydrogen) atoms. The zero-order valence-corrected chi connectivity index (χ0v) is 8.22. The molecule has 0 radical (unpaired) electrons. The molecule has 0 saturated carbocycles. The molecule has 70 valence electrons. The third-order valence-corrected chi connectivity index (χ3v) is 2.76. The normalized spacial score (nSPS) is 11.6. The van der Waals surface area contributed by atoms with Crippen LogP contribution in [-0.2, 0) is 0 Å². The van der Waals surface area contributed by atoms with Crippen molar-refractivity contribution < 1.29 is 4.42 Å². The lowest BCUT2D eigenvalue weighted by atomic mass is 10.1. The molecule has 3 aromatic rings. The summed E-state index contributed by atoms with van der Waals surface area (Å²) >= 11 is 0. The Morgan fingerprint density at radius 3 is 2.79 bits per heavy atom. The topological polar surface area (TPSA) is 28.9 Å². The van der Waals surface area contributed by atoms with Crippen molar-refractivity contribution in [2.45, 2.75) is 13.8 Å². The highest BCUT2D eigenvalue weighted by atomic mass is 16.3. The zero-order valence-electron chi connectivity index (χ0n) is 8.22. The second kappa shape index (κ2) is 2.41. The molecule has 0 aliphatic carbocycles. The van der Waals surface area contributed by atoms with Gasteiger partial charge in [-0.2, -0.15) is 0 Å². The summed E-state index contributed by atoms with van der Waals surface area (Å²) in [7, 11) is 0. The maximum absolute atomic E-state index is 5.47. The first kappa shape index (κ1) is 7.68. The van der Waals surface area contributed by atoms with Crippen LogP contribution in [-0.4, -0.2) is 4.98 Å². The molecule has 2 aromatic heterocycles. The molecule has 0 unspecified atom stereocenters. The van der Waals surface area contributed by atoms with Crippen LogP contribution in [0.15, 0.2) is 29.0 Å². The summed E-state index contributed by atoms with van der Waals surface area (Å²) in [5.74, 6) is 0. The van der Waals surface area contributed by atoms with Crippen LogP contribution in [0.25, 0.3) is 21.9 Å². The lowest BCUT2D eigenvalue weighted by molar-refractivity contribution is 0.613. The second-order valence-corrected chi connectivity index (χ2v) is 3.75. The fourth-order valence-corrected chi connectivity index (χ4v) is 2.07. The molecular weight excluding hydrogens is 174 g/mol. The van der Waals surface area contributed by atoms with Crippen molar-refractivity contribution in [3.05, 3.63) is 35.7 Å². The molecular formula is C12H11NO. The molecule has 2 nitrogen and oxygen atoms in total. The van der Waals surface area contributed by atoms with Crippen LogP contribution in [0.2, 0.25) is 0 Å². The molecule has 0 amide bonds. The lowest BCUT2D eigenvalue weighted by Gasteiger charge is -1.95. The standard InChI is InChI=1S/C12H11NO/c1-7-5-13-9-3-4-10-12(11(7)9)8(2)6-14-10/h3-6,13H,1-2H3. The van der Waals surface area contributed by atoms with E-state index < -0.39 is 0 Å². The predicted octanol–water partition coefficient (Wildman–Crippen LogP) is 3.53. The van der Waals surface area contributed by atoms with E-state index in [1.807, 2.05) is 18.5 Å². The lowest BCUT2D eigenvalue weighted by Crippen LogP contribution is -1.73. The van der Waals surface area contributed by atoms with Crippen molar-refractivity contribution in [2.75, 3.05) is 0 Å². The summed E-state index contributed by atoms with van der Waals surface area (Å²) in [5.41, 5.74) is 4.63. The van der Waals surface area contributed by atoms with Crippen LogP contribution in [0.3, 0.4) is 0 Å². The minimum atomic E-state index is 0.970. The first-order valence-electron chi connectivity index (χ1n) is 4.72. The highest BCUT2D eigenvalue weighted by Gasteiger charge is 2.09. The van der Waals surface area contributed by atoms with E-state index in [2.05, 4.69) is 24.9 Å². The molecule has 0 atom stereocenters. The van der Waals surface area contributed by atoms with Crippen molar-refractivity contribution in [3.8, 4) is 0 Å². The Bertz CT molecular complexity index is 560. The average molecular weight is 185 g/mol. The van der Waals surface area contributed by atoms with E-state index in [9.17, 15) is 0 Å². The molecule has 0 spiro atoms. The van der Waals surface area contributed by atoms with Gasteiger partial charge in [0.2, 0.25) is 0 Å². The third-order valence-electron chi connectivity index (χ3n) is 2.76. The van der Waals surface area contributed by atoms with Gasteiger partial charge < -0.3 is 9.40 Å². The number of H-pyrrole nitrogens is 1. The fraction of sp³-hybridized carbons (Fsp3) is 0.167. The summed E-state index contributed by atoms with van der Waals surface area (Å²) < 4.78 is 5.47. The largest absolute Gasteiger partial charge is 0.464 e. The minimum Gasteiger partial charge on any atom is -0.464 e. The summed E-state index contributed by atoms with van der Waals surface area (Å²) in [6.07, 6.45) is 3.85. The van der Waals surface area contributed by atoms with Gasteiger partial charge in [0.05, 0.1) is 6.26 Å². The quantitative estimate of drug-likeness (QED) is 0.570. The molecule has 0 bridgehead atoms. The van der Waals surface area contributed by atoms with E-state index in [0.29, 0.717) is 0 Å². The molecule has 0 saturated heterocycles. The van der Waals surface area contributed by atoms with Gasteiger partial charge in [-0.1, -0.05) is 0 Å². The van der Waals surface area contributed by atoms with Crippen LogP contribution in [0.5, 0.6) is 0 Å². The number of aryl methyl sites for hydroxylation is 2. The van der Waals surface area contributed by atoms with E-state index >= 15 is 0 Å². The van der Waals surface area contributed by atoms with Gasteiger partial charge in [-0.15, -0.1) is 0 Å². The van der Waals surface area contributed by atoms with Crippen molar-refractivity contribution in [3.63, 3.8) is 0 Å². The van der Waals surface area contributed by atoms with Crippen LogP contribution in [0.1, 0.15) is 11.1 Å². The Balaban J connectivity index is 2.70. The van der Waals surface area contributed by atoms with Gasteiger partial charge in [0.25, 0.3) is 0 Å². The summed E-state index contributed by atoms with van der Waals surface area (Å²) in [6, 6.07) is 4.08. The van der Waals surface area contributed by atoms with Gasteiger partial charge in [-0.3, -0.25) is 0 Å². The van der Waals surface area contributed by atoms with Gasteiger partial charge in [-0.05, 0) is 37.1 Å². The SMILES string of the molecule is Cc1c[nH]c2ccc3occ(C)c3c12. The van der Waals surface area contributed by atoms with Gasteiger partial charge in [0, 0.05) is 22.5 Å². The first-order chi connectivity index (χ1) is 6.77. The number of aromatic nitrogens is 1. The maximum Gasteiger partial charge on any atom is 0.134 e. The van der Waals surface area contributed by atoms with Crippen LogP contribution < -0.4 is 0 Å². The molecule has 0 aliphatic heterocycles. The number of fused-ring (bicyclic) bond motifs is 3. The number of nitrogens with one attached hydrogen (secondary N) is 1. The van der Waals surface area contributed by atoms with Gasteiger partial charge in [-0.25, -0.2) is 0 Å². The molecule has 0 aliphatic rings. The minimum absolute atomic E-state index is 0.970. The Kier molecular flexibility index (Phi) is 1.32. The summed E-state index contributed by atoms with van der Waals surface area (Å²) in [5, 5.41) is 2.52. The average Bonchev–Trinajstić information content (AvgIpc) is 2.72. The Labute approximate surface area is 81.5 Å². The monoisotopic (exact) mass is 185 g/mol. The number of hydrogen-bond acceptors (Lipinski definition) is 1. The zero-order chi connectivity index (χ0) is 9.71. The van der Waals surface area contributed by atoms with Gasteiger partial charge >= 0.3 is 0 Å². The molecule has 2 heteroatoms. The van der Waals surface area contributed by atoms with E-state index in [1.54, 1.807) is 0 Å². The maximum atomic E-state index is 5.47. The van der Waals surface area contributed by atoms with Gasteiger partial charge in [0.15, 0.2) is 0 Å². The third kappa shape index (κ3) is 0.803. The molecule has 2 heterocycles. The molecule has 3 rings (SSSR count). The summed E-state index contributed by atoms with van der Waals surface area (Å²) in [6.45, 7) is 4.20.